The molecule has 0 fully saturated rings. The Morgan fingerprint density at radius 2 is 1.74 bits per heavy atom. The number of carbonyl (C=O) groups is 3. The molecule has 0 radical (unpaired) electrons. The number of carbonyl (C=O) groups excluding carboxylic acids is 3. The van der Waals surface area contributed by atoms with Crippen molar-refractivity contribution in [3.8, 4) is 0 Å². The van der Waals surface area contributed by atoms with Gasteiger partial charge in [-0.1, -0.05) is 24.3 Å². The van der Waals surface area contributed by atoms with Crippen molar-refractivity contribution in [2.45, 2.75) is 0 Å². The Labute approximate surface area is 114 Å². The van der Waals surface area contributed by atoms with Crippen molar-refractivity contribution in [3.05, 3.63) is 41.1 Å². The quantitative estimate of drug-likeness (QED) is 0.630. The molecule has 0 heterocycles. The van der Waals surface area contributed by atoms with E-state index < -0.39 is 17.5 Å². The second kappa shape index (κ2) is 5.24. The van der Waals surface area contributed by atoms with E-state index in [0.29, 0.717) is 16.8 Å². The second-order valence-electron chi connectivity index (χ2n) is 3.89. The predicted molar refractivity (Wildman–Crippen MR) is 70.6 cm³/mol. The maximum absolute atomic E-state index is 12.0. The molecule has 1 aliphatic carbocycles. The number of ketones is 2. The van der Waals surface area contributed by atoms with Crippen molar-refractivity contribution in [1.29, 1.82) is 0 Å². The van der Waals surface area contributed by atoms with E-state index in [1.165, 1.54) is 0 Å². The van der Waals surface area contributed by atoms with Gasteiger partial charge in [0.05, 0.1) is 5.70 Å². The largest absolute Gasteiger partial charge is 0.386 e. The minimum absolute atomic E-state index is 0.0585. The fourth-order valence-electron chi connectivity index (χ4n) is 1.93. The fraction of sp³-hybridized carbons (Fsp3) is 0.154. The summed E-state index contributed by atoms with van der Waals surface area (Å²) in [6.07, 6.45) is 0. The lowest BCUT2D eigenvalue weighted by Crippen LogP contribution is -2.37. The summed E-state index contributed by atoms with van der Waals surface area (Å²) in [5, 5.41) is 5.21. The molecule has 1 aromatic carbocycles. The van der Waals surface area contributed by atoms with E-state index in [9.17, 15) is 14.4 Å². The minimum Gasteiger partial charge on any atom is -0.386 e. The van der Waals surface area contributed by atoms with Crippen LogP contribution in [0.3, 0.4) is 0 Å². The van der Waals surface area contributed by atoms with Crippen LogP contribution in [0.2, 0.25) is 0 Å². The molecule has 2 rings (SSSR count). The van der Waals surface area contributed by atoms with Crippen LogP contribution in [-0.4, -0.2) is 30.4 Å². The van der Waals surface area contributed by atoms with E-state index in [-0.39, 0.29) is 11.6 Å². The van der Waals surface area contributed by atoms with Gasteiger partial charge in [-0.3, -0.25) is 14.4 Å². The molecular weight excluding hydrogens is 268 g/mol. The Bertz CT molecular complexity index is 608. The van der Waals surface area contributed by atoms with Gasteiger partial charge in [-0.2, -0.15) is 0 Å². The van der Waals surface area contributed by atoms with Gasteiger partial charge in [0.1, 0.15) is 11.6 Å². The Morgan fingerprint density at radius 3 is 2.32 bits per heavy atom. The molecule has 5 nitrogen and oxygen atoms in total. The third kappa shape index (κ3) is 2.24. The normalized spacial score (nSPS) is 14.2. The average molecular weight is 279 g/mol. The van der Waals surface area contributed by atoms with Crippen LogP contribution in [0.5, 0.6) is 0 Å². The maximum Gasteiger partial charge on any atom is 0.251 e. The number of Topliss-reactive ketones (excluding diaryl/α,β-unsaturated/α-hetero) is 2. The molecule has 1 amide bonds. The first kappa shape index (κ1) is 13.3. The van der Waals surface area contributed by atoms with Gasteiger partial charge < -0.3 is 10.6 Å². The monoisotopic (exact) mass is 278 g/mol. The molecule has 0 spiro atoms. The summed E-state index contributed by atoms with van der Waals surface area (Å²) in [6, 6.07) is 6.71. The maximum atomic E-state index is 12.0. The number of allylic oxidation sites excluding steroid dienone is 1. The standard InChI is InChI=1S/C13H11ClN2O3/c1-15-10-7-4-2-3-5-8(7)12(18)13(19)11(10)16-9(17)6-14/h2-5,15H,6H2,1H3,(H,16,17). The van der Waals surface area contributed by atoms with Crippen LogP contribution >= 0.6 is 11.6 Å². The van der Waals surface area contributed by atoms with Gasteiger partial charge in [0.15, 0.2) is 0 Å². The van der Waals surface area contributed by atoms with Crippen molar-refractivity contribution >= 4 is 34.8 Å². The molecule has 0 saturated heterocycles. The van der Waals surface area contributed by atoms with Gasteiger partial charge in [-0.05, 0) is 0 Å². The molecule has 0 saturated carbocycles. The van der Waals surface area contributed by atoms with Crippen LogP contribution in [0, 0.1) is 0 Å². The van der Waals surface area contributed by atoms with Crippen LogP contribution in [-0.2, 0) is 9.59 Å². The molecular formula is C13H11ClN2O3. The smallest absolute Gasteiger partial charge is 0.251 e. The molecule has 0 aliphatic heterocycles. The molecule has 1 aromatic rings. The van der Waals surface area contributed by atoms with Crippen molar-refractivity contribution < 1.29 is 14.4 Å². The summed E-state index contributed by atoms with van der Waals surface area (Å²) in [4.78, 5) is 35.3. The number of nitrogens with one attached hydrogen (secondary N) is 2. The van der Waals surface area contributed by atoms with E-state index in [2.05, 4.69) is 10.6 Å². The molecule has 1 aliphatic rings. The number of benzene rings is 1. The molecule has 0 unspecified atom stereocenters. The predicted octanol–water partition coefficient (Wildman–Crippen LogP) is 0.695. The zero-order chi connectivity index (χ0) is 14.0. The summed E-state index contributed by atoms with van der Waals surface area (Å²) in [5.74, 6) is -2.21. The van der Waals surface area contributed by atoms with E-state index >= 15 is 0 Å². The Hall–Kier alpha value is -2.14. The molecule has 0 bridgehead atoms. The van der Waals surface area contributed by atoms with Gasteiger partial charge in [0, 0.05) is 18.2 Å². The molecule has 2 N–H and O–H groups in total. The first-order valence-corrected chi connectivity index (χ1v) is 6.10. The molecule has 6 heteroatoms. The van der Waals surface area contributed by atoms with E-state index in [0.717, 1.165) is 0 Å². The SMILES string of the molecule is CNC1=C(NC(=O)CCl)C(=O)C(=O)c2ccccc21. The summed E-state index contributed by atoms with van der Waals surface area (Å²) in [5.41, 5.74) is 1.26. The Morgan fingerprint density at radius 1 is 1.11 bits per heavy atom. The van der Waals surface area contributed by atoms with Gasteiger partial charge in [-0.15, -0.1) is 11.6 Å². The number of alkyl halides is 1. The van der Waals surface area contributed by atoms with Crippen LogP contribution in [0.4, 0.5) is 0 Å². The summed E-state index contributed by atoms with van der Waals surface area (Å²) in [6.45, 7) is 0. The highest BCUT2D eigenvalue weighted by Crippen LogP contribution is 2.26. The molecule has 0 aromatic heterocycles. The number of hydrogen-bond donors (Lipinski definition) is 2. The first-order valence-electron chi connectivity index (χ1n) is 5.56. The summed E-state index contributed by atoms with van der Waals surface area (Å²) in [7, 11) is 1.61. The molecule has 98 valence electrons. The van der Waals surface area contributed by atoms with Crippen LogP contribution in [0.1, 0.15) is 15.9 Å². The zero-order valence-corrected chi connectivity index (χ0v) is 10.9. The Balaban J connectivity index is 2.60. The highest BCUT2D eigenvalue weighted by Gasteiger charge is 2.32. The van der Waals surface area contributed by atoms with Gasteiger partial charge >= 0.3 is 0 Å². The highest BCUT2D eigenvalue weighted by molar-refractivity contribution is 6.52. The average Bonchev–Trinajstić information content (AvgIpc) is 2.44. The topological polar surface area (TPSA) is 75.3 Å². The number of halogens is 1. The van der Waals surface area contributed by atoms with E-state index in [1.807, 2.05) is 0 Å². The number of fused-ring (bicyclic) bond motifs is 1. The lowest BCUT2D eigenvalue weighted by atomic mass is 9.90. The highest BCUT2D eigenvalue weighted by atomic mass is 35.5. The lowest BCUT2D eigenvalue weighted by molar-refractivity contribution is -0.120. The Kier molecular flexibility index (Phi) is 3.66. The van der Waals surface area contributed by atoms with Crippen LogP contribution < -0.4 is 10.6 Å². The fourth-order valence-corrected chi connectivity index (χ4v) is 2.00. The van der Waals surface area contributed by atoms with Crippen molar-refractivity contribution in [3.63, 3.8) is 0 Å². The van der Waals surface area contributed by atoms with Crippen LogP contribution in [0.15, 0.2) is 30.0 Å². The third-order valence-corrected chi connectivity index (χ3v) is 3.00. The molecule has 0 atom stereocenters. The lowest BCUT2D eigenvalue weighted by Gasteiger charge is -2.21. The minimum atomic E-state index is -0.749. The van der Waals surface area contributed by atoms with Gasteiger partial charge in [0.2, 0.25) is 11.7 Å². The molecule has 19 heavy (non-hydrogen) atoms. The van der Waals surface area contributed by atoms with Crippen molar-refractivity contribution in [2.75, 3.05) is 12.9 Å². The number of amides is 1. The van der Waals surface area contributed by atoms with Crippen molar-refractivity contribution in [1.82, 2.24) is 10.6 Å². The van der Waals surface area contributed by atoms with Gasteiger partial charge in [0.25, 0.3) is 5.78 Å². The van der Waals surface area contributed by atoms with E-state index in [1.54, 1.807) is 31.3 Å². The summed E-state index contributed by atoms with van der Waals surface area (Å²) < 4.78 is 0. The van der Waals surface area contributed by atoms with Crippen LogP contribution in [0.25, 0.3) is 5.70 Å². The van der Waals surface area contributed by atoms with Crippen molar-refractivity contribution in [2.24, 2.45) is 0 Å². The first-order chi connectivity index (χ1) is 9.10. The van der Waals surface area contributed by atoms with E-state index in [4.69, 9.17) is 11.6 Å². The van der Waals surface area contributed by atoms with Gasteiger partial charge in [-0.25, -0.2) is 0 Å². The zero-order valence-electron chi connectivity index (χ0n) is 10.1. The number of rotatable bonds is 3. The second-order valence-corrected chi connectivity index (χ2v) is 4.15. The summed E-state index contributed by atoms with van der Waals surface area (Å²) >= 11 is 5.40. The number of hydrogen-bond acceptors (Lipinski definition) is 4. The third-order valence-electron chi connectivity index (χ3n) is 2.76.